The van der Waals surface area contributed by atoms with Crippen LogP contribution in [0.3, 0.4) is 0 Å². The summed E-state index contributed by atoms with van der Waals surface area (Å²) in [6, 6.07) is 0.0911. The molecule has 1 unspecified atom stereocenters. The van der Waals surface area contributed by atoms with Gasteiger partial charge in [0.1, 0.15) is 6.54 Å². The van der Waals surface area contributed by atoms with Gasteiger partial charge in [0.15, 0.2) is 5.82 Å². The minimum absolute atomic E-state index is 0.00856. The molecular weight excluding hydrogens is 208 g/mol. The highest BCUT2D eigenvalue weighted by Gasteiger charge is 2.21. The van der Waals surface area contributed by atoms with Gasteiger partial charge in [0.25, 0.3) is 0 Å². The number of anilines is 1. The highest BCUT2D eigenvalue weighted by molar-refractivity contribution is 5.75. The number of hydrogen-bond acceptors (Lipinski definition) is 5. The molecule has 1 aliphatic rings. The van der Waals surface area contributed by atoms with Gasteiger partial charge in [-0.15, -0.1) is 5.10 Å². The number of nitrogens with two attached hydrogens (primary N) is 2. The first-order valence-corrected chi connectivity index (χ1v) is 5.34. The van der Waals surface area contributed by atoms with Crippen LogP contribution in [-0.4, -0.2) is 44.9 Å². The summed E-state index contributed by atoms with van der Waals surface area (Å²) in [6.45, 7) is 1.52. The highest BCUT2D eigenvalue weighted by atomic mass is 16.2. The van der Waals surface area contributed by atoms with E-state index >= 15 is 0 Å². The van der Waals surface area contributed by atoms with Crippen LogP contribution in [0.5, 0.6) is 0 Å². The molecule has 0 saturated carbocycles. The van der Waals surface area contributed by atoms with E-state index in [-0.39, 0.29) is 18.5 Å². The van der Waals surface area contributed by atoms with Crippen LogP contribution in [0.25, 0.3) is 0 Å². The molecule has 16 heavy (non-hydrogen) atoms. The fourth-order valence-corrected chi connectivity index (χ4v) is 1.84. The van der Waals surface area contributed by atoms with Crippen molar-refractivity contribution in [3.05, 3.63) is 6.20 Å². The Morgan fingerprint density at radius 1 is 1.62 bits per heavy atom. The van der Waals surface area contributed by atoms with E-state index in [1.807, 2.05) is 0 Å². The Bertz CT molecular complexity index is 376. The summed E-state index contributed by atoms with van der Waals surface area (Å²) in [5.74, 6) is 0.314. The molecule has 4 N–H and O–H groups in total. The molecule has 1 amide bonds. The van der Waals surface area contributed by atoms with Crippen LogP contribution in [0.1, 0.15) is 12.8 Å². The lowest BCUT2D eigenvalue weighted by Gasteiger charge is -2.30. The van der Waals surface area contributed by atoms with Crippen molar-refractivity contribution < 1.29 is 4.79 Å². The van der Waals surface area contributed by atoms with Crippen LogP contribution in [0, 0.1) is 0 Å². The van der Waals surface area contributed by atoms with Gasteiger partial charge in [-0.3, -0.25) is 4.79 Å². The van der Waals surface area contributed by atoms with Crippen molar-refractivity contribution in [2.45, 2.75) is 25.4 Å². The van der Waals surface area contributed by atoms with Crippen LogP contribution in [-0.2, 0) is 11.3 Å². The van der Waals surface area contributed by atoms with Crippen molar-refractivity contribution in [1.29, 1.82) is 0 Å². The molecule has 1 fully saturated rings. The number of amides is 1. The number of nitrogens with zero attached hydrogens (tertiary/aromatic N) is 4. The van der Waals surface area contributed by atoms with E-state index in [1.165, 1.54) is 11.0 Å². The average molecular weight is 224 g/mol. The fraction of sp³-hybridized carbons (Fsp3) is 0.667. The van der Waals surface area contributed by atoms with Crippen molar-refractivity contribution in [3.63, 3.8) is 0 Å². The molecule has 88 valence electrons. The molecular formula is C9H16N6O. The maximum absolute atomic E-state index is 11.9. The molecule has 1 aliphatic heterocycles. The zero-order valence-electron chi connectivity index (χ0n) is 9.04. The van der Waals surface area contributed by atoms with E-state index in [9.17, 15) is 4.79 Å². The van der Waals surface area contributed by atoms with Gasteiger partial charge in [0, 0.05) is 19.1 Å². The molecule has 2 rings (SSSR count). The van der Waals surface area contributed by atoms with Crippen molar-refractivity contribution in [1.82, 2.24) is 19.9 Å². The Morgan fingerprint density at radius 2 is 2.44 bits per heavy atom. The van der Waals surface area contributed by atoms with Gasteiger partial charge in [-0.2, -0.15) is 9.90 Å². The van der Waals surface area contributed by atoms with Crippen molar-refractivity contribution in [2.24, 2.45) is 5.73 Å². The van der Waals surface area contributed by atoms with E-state index in [0.717, 1.165) is 19.4 Å². The van der Waals surface area contributed by atoms with Crippen LogP contribution >= 0.6 is 0 Å². The van der Waals surface area contributed by atoms with Crippen molar-refractivity contribution >= 4 is 11.7 Å². The molecule has 1 aromatic heterocycles. The fourth-order valence-electron chi connectivity index (χ4n) is 1.84. The zero-order valence-corrected chi connectivity index (χ0v) is 9.04. The number of likely N-dealkylation sites (tertiary alicyclic amines) is 1. The van der Waals surface area contributed by atoms with Gasteiger partial charge in [0.05, 0.1) is 6.20 Å². The number of piperidine rings is 1. The molecule has 1 saturated heterocycles. The largest absolute Gasteiger partial charge is 0.381 e. The molecule has 7 heteroatoms. The summed E-state index contributed by atoms with van der Waals surface area (Å²) in [6.07, 6.45) is 3.37. The molecule has 0 spiro atoms. The maximum Gasteiger partial charge on any atom is 0.246 e. The van der Waals surface area contributed by atoms with Gasteiger partial charge in [0.2, 0.25) is 5.91 Å². The first-order chi connectivity index (χ1) is 7.65. The number of hydrogen-bond donors (Lipinski definition) is 2. The molecule has 1 aromatic rings. The van der Waals surface area contributed by atoms with Gasteiger partial charge in [-0.05, 0) is 12.8 Å². The second-order valence-electron chi connectivity index (χ2n) is 4.04. The van der Waals surface area contributed by atoms with E-state index < -0.39 is 0 Å². The summed E-state index contributed by atoms with van der Waals surface area (Å²) in [5.41, 5.74) is 11.2. The Hall–Kier alpha value is -1.63. The average Bonchev–Trinajstić information content (AvgIpc) is 2.64. The van der Waals surface area contributed by atoms with Gasteiger partial charge in [-0.25, -0.2) is 0 Å². The molecule has 0 aromatic carbocycles. The second kappa shape index (κ2) is 4.48. The lowest BCUT2D eigenvalue weighted by atomic mass is 10.1. The zero-order chi connectivity index (χ0) is 11.5. The molecule has 0 aliphatic carbocycles. The predicted octanol–water partition coefficient (Wildman–Crippen LogP) is -1.19. The lowest BCUT2D eigenvalue weighted by molar-refractivity contribution is -0.133. The molecule has 7 nitrogen and oxygen atoms in total. The van der Waals surface area contributed by atoms with E-state index in [1.54, 1.807) is 4.90 Å². The Kier molecular flexibility index (Phi) is 3.04. The monoisotopic (exact) mass is 224 g/mol. The van der Waals surface area contributed by atoms with Crippen LogP contribution in [0.15, 0.2) is 6.20 Å². The molecule has 2 heterocycles. The van der Waals surface area contributed by atoms with Crippen LogP contribution in [0.2, 0.25) is 0 Å². The highest BCUT2D eigenvalue weighted by Crippen LogP contribution is 2.08. The maximum atomic E-state index is 11.9. The topological polar surface area (TPSA) is 103 Å². The summed E-state index contributed by atoms with van der Waals surface area (Å²) < 4.78 is 0. The first kappa shape index (κ1) is 10.9. The smallest absolute Gasteiger partial charge is 0.246 e. The van der Waals surface area contributed by atoms with E-state index in [0.29, 0.717) is 12.4 Å². The second-order valence-corrected chi connectivity index (χ2v) is 4.04. The normalized spacial score (nSPS) is 21.1. The van der Waals surface area contributed by atoms with E-state index in [4.69, 9.17) is 11.5 Å². The lowest BCUT2D eigenvalue weighted by Crippen LogP contribution is -2.46. The van der Waals surface area contributed by atoms with Crippen LogP contribution in [0.4, 0.5) is 5.82 Å². The molecule has 0 bridgehead atoms. The molecule has 0 radical (unpaired) electrons. The summed E-state index contributed by atoms with van der Waals surface area (Å²) >= 11 is 0. The minimum Gasteiger partial charge on any atom is -0.381 e. The number of aromatic nitrogens is 3. The first-order valence-electron chi connectivity index (χ1n) is 5.34. The number of carbonyl (C=O) groups is 1. The third kappa shape index (κ3) is 2.48. The van der Waals surface area contributed by atoms with Gasteiger partial charge in [-0.1, -0.05) is 0 Å². The number of carbonyl (C=O) groups excluding carboxylic acids is 1. The van der Waals surface area contributed by atoms with Gasteiger partial charge >= 0.3 is 0 Å². The summed E-state index contributed by atoms with van der Waals surface area (Å²) in [5, 5.41) is 7.74. The molecule has 1 atom stereocenters. The van der Waals surface area contributed by atoms with Crippen LogP contribution < -0.4 is 11.5 Å². The van der Waals surface area contributed by atoms with E-state index in [2.05, 4.69) is 10.2 Å². The van der Waals surface area contributed by atoms with Crippen molar-refractivity contribution in [2.75, 3.05) is 18.8 Å². The quantitative estimate of drug-likeness (QED) is 0.657. The Balaban J connectivity index is 1.92. The third-order valence-electron chi connectivity index (χ3n) is 2.64. The Labute approximate surface area is 93.4 Å². The summed E-state index contributed by atoms with van der Waals surface area (Å²) in [7, 11) is 0. The number of nitrogen functional groups attached to an aromatic ring is 1. The third-order valence-corrected chi connectivity index (χ3v) is 2.64. The SMILES string of the molecule is Nc1cnn(CC(=O)N2CCCC(N)C2)n1. The predicted molar refractivity (Wildman–Crippen MR) is 58.2 cm³/mol. The standard InChI is InChI=1S/C9H16N6O/c10-7-2-1-3-14(5-7)9(16)6-15-12-4-8(11)13-15/h4,7H,1-3,5-6,10H2,(H2,11,13). The number of rotatable bonds is 2. The summed E-state index contributed by atoms with van der Waals surface area (Å²) in [4.78, 5) is 14.9. The van der Waals surface area contributed by atoms with Gasteiger partial charge < -0.3 is 16.4 Å². The van der Waals surface area contributed by atoms with Crippen molar-refractivity contribution in [3.8, 4) is 0 Å². The Morgan fingerprint density at radius 3 is 3.06 bits per heavy atom. The minimum atomic E-state index is -0.00856.